The van der Waals surface area contributed by atoms with Crippen molar-refractivity contribution >= 4 is 22.5 Å². The zero-order valence-corrected chi connectivity index (χ0v) is 16.8. The summed E-state index contributed by atoms with van der Waals surface area (Å²) in [7, 11) is 0. The highest BCUT2D eigenvalue weighted by Gasteiger charge is 2.37. The predicted molar refractivity (Wildman–Crippen MR) is 125 cm³/mol. The monoisotopic (exact) mass is 400 g/mol. The highest BCUT2D eigenvalue weighted by Crippen LogP contribution is 2.48. The molecule has 148 valence electrons. The van der Waals surface area contributed by atoms with Crippen molar-refractivity contribution in [2.75, 3.05) is 4.90 Å². The molecule has 1 aromatic heterocycles. The van der Waals surface area contributed by atoms with E-state index in [4.69, 9.17) is 0 Å². The third kappa shape index (κ3) is 2.71. The molecule has 0 saturated carbocycles. The van der Waals surface area contributed by atoms with E-state index < -0.39 is 0 Å². The van der Waals surface area contributed by atoms with Crippen LogP contribution in [0, 0.1) is 0 Å². The minimum Gasteiger partial charge on any atom is -0.361 e. The van der Waals surface area contributed by atoms with Crippen LogP contribution in [0.2, 0.25) is 0 Å². The van der Waals surface area contributed by atoms with E-state index in [2.05, 4.69) is 47.4 Å². The van der Waals surface area contributed by atoms with E-state index in [-0.39, 0.29) is 11.9 Å². The molecule has 3 nitrogen and oxygen atoms in total. The van der Waals surface area contributed by atoms with E-state index in [0.29, 0.717) is 5.56 Å². The topological polar surface area (TPSA) is 36.1 Å². The first-order valence-corrected chi connectivity index (χ1v) is 10.5. The van der Waals surface area contributed by atoms with E-state index in [9.17, 15) is 4.79 Å². The predicted octanol–water partition coefficient (Wildman–Crippen LogP) is 6.58. The molecule has 0 aliphatic carbocycles. The van der Waals surface area contributed by atoms with Gasteiger partial charge in [0.1, 0.15) is 0 Å². The van der Waals surface area contributed by atoms with Gasteiger partial charge in [0.2, 0.25) is 0 Å². The first-order chi connectivity index (χ1) is 15.3. The minimum absolute atomic E-state index is 0.00201. The van der Waals surface area contributed by atoms with E-state index in [1.165, 1.54) is 5.56 Å². The second-order valence-corrected chi connectivity index (χ2v) is 7.84. The highest BCUT2D eigenvalue weighted by molar-refractivity contribution is 6.11. The van der Waals surface area contributed by atoms with Crippen molar-refractivity contribution in [1.29, 1.82) is 0 Å². The summed E-state index contributed by atoms with van der Waals surface area (Å²) < 4.78 is 0. The number of aromatic amines is 1. The molecular formula is C28H20N2O. The Morgan fingerprint density at radius 2 is 1.35 bits per heavy atom. The first kappa shape index (κ1) is 17.7. The number of anilines is 1. The van der Waals surface area contributed by atoms with Crippen molar-refractivity contribution in [3.8, 4) is 11.1 Å². The molecule has 2 heterocycles. The van der Waals surface area contributed by atoms with Crippen LogP contribution in [0.3, 0.4) is 0 Å². The van der Waals surface area contributed by atoms with Gasteiger partial charge in [-0.2, -0.15) is 0 Å². The Labute approximate surface area is 180 Å². The summed E-state index contributed by atoms with van der Waals surface area (Å²) in [6, 6.07) is 34.2. The van der Waals surface area contributed by atoms with Gasteiger partial charge >= 0.3 is 0 Å². The van der Waals surface area contributed by atoms with Crippen molar-refractivity contribution < 1.29 is 4.79 Å². The van der Waals surface area contributed by atoms with E-state index in [0.717, 1.165) is 33.3 Å². The van der Waals surface area contributed by atoms with Crippen molar-refractivity contribution in [3.63, 3.8) is 0 Å². The second kappa shape index (κ2) is 6.99. The second-order valence-electron chi connectivity index (χ2n) is 7.84. The summed E-state index contributed by atoms with van der Waals surface area (Å²) in [6.07, 6.45) is 2.05. The van der Waals surface area contributed by atoms with Gasteiger partial charge < -0.3 is 4.98 Å². The number of nitrogens with one attached hydrogen (secondary N) is 1. The molecule has 1 atom stereocenters. The molecule has 1 aliphatic rings. The summed E-state index contributed by atoms with van der Waals surface area (Å²) in [5.41, 5.74) is 7.17. The molecule has 0 spiro atoms. The lowest BCUT2D eigenvalue weighted by Crippen LogP contribution is -2.38. The number of fused-ring (bicyclic) bond motifs is 4. The number of hydrogen-bond donors (Lipinski definition) is 1. The molecule has 1 N–H and O–H groups in total. The van der Waals surface area contributed by atoms with Gasteiger partial charge in [-0.15, -0.1) is 0 Å². The lowest BCUT2D eigenvalue weighted by Gasteiger charge is -2.39. The molecule has 5 aromatic rings. The van der Waals surface area contributed by atoms with Gasteiger partial charge in [-0.3, -0.25) is 9.69 Å². The number of aromatic nitrogens is 1. The molecule has 0 fully saturated rings. The fourth-order valence-electron chi connectivity index (χ4n) is 4.74. The Kier molecular flexibility index (Phi) is 4.00. The minimum atomic E-state index is -0.227. The Hall–Kier alpha value is -4.11. The van der Waals surface area contributed by atoms with Crippen LogP contribution in [0.25, 0.3) is 22.0 Å². The van der Waals surface area contributed by atoms with Gasteiger partial charge in [0, 0.05) is 33.8 Å². The standard InChI is InChI=1S/C28H20N2O/c31-28(19-10-2-1-3-11-19)30-26-17-9-7-14-22(26)20-12-4-5-15-23(20)27(30)24-18-29-25-16-8-6-13-21(24)25/h1-18,27,29H. The smallest absolute Gasteiger partial charge is 0.259 e. The third-order valence-electron chi connectivity index (χ3n) is 6.12. The van der Waals surface area contributed by atoms with Crippen LogP contribution in [-0.4, -0.2) is 10.9 Å². The maximum atomic E-state index is 13.9. The van der Waals surface area contributed by atoms with Crippen LogP contribution in [-0.2, 0) is 0 Å². The fraction of sp³-hybridized carbons (Fsp3) is 0.0357. The number of carbonyl (C=O) groups excluding carboxylic acids is 1. The van der Waals surface area contributed by atoms with Crippen LogP contribution in [0.15, 0.2) is 109 Å². The van der Waals surface area contributed by atoms with Crippen LogP contribution in [0.5, 0.6) is 0 Å². The maximum absolute atomic E-state index is 13.9. The van der Waals surface area contributed by atoms with Crippen molar-refractivity contribution in [2.24, 2.45) is 0 Å². The van der Waals surface area contributed by atoms with Crippen molar-refractivity contribution in [1.82, 2.24) is 4.98 Å². The van der Waals surface area contributed by atoms with Gasteiger partial charge in [0.15, 0.2) is 0 Å². The lowest BCUT2D eigenvalue weighted by atomic mass is 9.84. The van der Waals surface area contributed by atoms with Gasteiger partial charge in [-0.1, -0.05) is 78.9 Å². The van der Waals surface area contributed by atoms with E-state index in [1.807, 2.05) is 71.8 Å². The Morgan fingerprint density at radius 3 is 2.23 bits per heavy atom. The maximum Gasteiger partial charge on any atom is 0.259 e. The number of benzene rings is 4. The molecule has 0 bridgehead atoms. The van der Waals surface area contributed by atoms with Gasteiger partial charge in [-0.25, -0.2) is 0 Å². The molecular weight excluding hydrogens is 380 g/mol. The molecule has 3 heteroatoms. The zero-order chi connectivity index (χ0) is 20.8. The summed E-state index contributed by atoms with van der Waals surface area (Å²) >= 11 is 0. The zero-order valence-electron chi connectivity index (χ0n) is 16.8. The normalized spacial score (nSPS) is 14.8. The van der Waals surface area contributed by atoms with Crippen LogP contribution >= 0.6 is 0 Å². The number of amides is 1. The summed E-state index contributed by atoms with van der Waals surface area (Å²) in [5, 5.41) is 1.13. The number of H-pyrrole nitrogens is 1. The molecule has 1 unspecified atom stereocenters. The third-order valence-corrected chi connectivity index (χ3v) is 6.12. The van der Waals surface area contributed by atoms with E-state index in [1.54, 1.807) is 0 Å². The Morgan fingerprint density at radius 1 is 0.677 bits per heavy atom. The SMILES string of the molecule is O=C(c1ccccc1)N1c2ccccc2-c2ccccc2C1c1c[nH]c2ccccc12. The first-order valence-electron chi connectivity index (χ1n) is 10.5. The van der Waals surface area contributed by atoms with Gasteiger partial charge in [-0.05, 0) is 35.4 Å². The molecule has 4 aromatic carbocycles. The number of hydrogen-bond acceptors (Lipinski definition) is 1. The van der Waals surface area contributed by atoms with Crippen LogP contribution in [0.4, 0.5) is 5.69 Å². The molecule has 1 aliphatic heterocycles. The largest absolute Gasteiger partial charge is 0.361 e. The molecule has 31 heavy (non-hydrogen) atoms. The molecule has 0 radical (unpaired) electrons. The van der Waals surface area contributed by atoms with Crippen LogP contribution < -0.4 is 4.90 Å². The molecule has 0 saturated heterocycles. The van der Waals surface area contributed by atoms with Gasteiger partial charge in [0.05, 0.1) is 11.7 Å². The van der Waals surface area contributed by atoms with E-state index >= 15 is 0 Å². The molecule has 6 rings (SSSR count). The Bertz CT molecular complexity index is 1420. The number of rotatable bonds is 2. The summed E-state index contributed by atoms with van der Waals surface area (Å²) in [5.74, 6) is -0.00201. The summed E-state index contributed by atoms with van der Waals surface area (Å²) in [4.78, 5) is 19.3. The van der Waals surface area contributed by atoms with Crippen LogP contribution in [0.1, 0.15) is 27.5 Å². The lowest BCUT2D eigenvalue weighted by molar-refractivity contribution is 0.0980. The number of carbonyl (C=O) groups is 1. The summed E-state index contributed by atoms with van der Waals surface area (Å²) in [6.45, 7) is 0. The molecule has 1 amide bonds. The van der Waals surface area contributed by atoms with Gasteiger partial charge in [0.25, 0.3) is 5.91 Å². The van der Waals surface area contributed by atoms with Crippen molar-refractivity contribution in [3.05, 3.63) is 126 Å². The highest BCUT2D eigenvalue weighted by atomic mass is 16.2. The number of para-hydroxylation sites is 2. The fourth-order valence-corrected chi connectivity index (χ4v) is 4.74. The average molecular weight is 400 g/mol. The van der Waals surface area contributed by atoms with Crippen molar-refractivity contribution in [2.45, 2.75) is 6.04 Å². The quantitative estimate of drug-likeness (QED) is 0.357. The Balaban J connectivity index is 1.66. The average Bonchev–Trinajstić information content (AvgIpc) is 3.27. The number of nitrogens with zero attached hydrogens (tertiary/aromatic N) is 1.